The molecule has 0 unspecified atom stereocenters. The second kappa shape index (κ2) is 5.48. The highest BCUT2D eigenvalue weighted by atomic mass is 35.5. The van der Waals surface area contributed by atoms with E-state index in [4.69, 9.17) is 22.7 Å². The van der Waals surface area contributed by atoms with Crippen LogP contribution in [0, 0.1) is 17.1 Å². The minimum atomic E-state index is -0.500. The Morgan fingerprint density at radius 2 is 2.21 bits per heavy atom. The first-order valence-electron chi connectivity index (χ1n) is 5.10. The summed E-state index contributed by atoms with van der Waals surface area (Å²) in [7, 11) is 0. The van der Waals surface area contributed by atoms with Gasteiger partial charge in [-0.25, -0.2) is 15.2 Å². The van der Waals surface area contributed by atoms with E-state index in [0.717, 1.165) is 6.07 Å². The van der Waals surface area contributed by atoms with Crippen molar-refractivity contribution in [3.63, 3.8) is 0 Å². The zero-order chi connectivity index (χ0) is 13.8. The van der Waals surface area contributed by atoms with Crippen molar-refractivity contribution in [2.75, 3.05) is 10.7 Å². The zero-order valence-corrected chi connectivity index (χ0v) is 10.2. The van der Waals surface area contributed by atoms with E-state index in [-0.39, 0.29) is 22.4 Å². The van der Waals surface area contributed by atoms with Crippen molar-refractivity contribution in [1.29, 1.82) is 5.26 Å². The van der Waals surface area contributed by atoms with Gasteiger partial charge >= 0.3 is 0 Å². The van der Waals surface area contributed by atoms with Gasteiger partial charge in [0.1, 0.15) is 16.9 Å². The molecule has 0 atom stereocenters. The standard InChI is InChI=1S/C11H8ClFN6/c12-8-5-16-11(19-15)18-10(8)17-9-2-1-7(13)3-6(9)4-14/h1-3,5H,15H2,(H2,16,17,18,19). The molecule has 0 aliphatic heterocycles. The van der Waals surface area contributed by atoms with Gasteiger partial charge in [0.25, 0.3) is 0 Å². The van der Waals surface area contributed by atoms with E-state index in [1.165, 1.54) is 18.3 Å². The Hall–Kier alpha value is -2.43. The lowest BCUT2D eigenvalue weighted by molar-refractivity contribution is 0.627. The Morgan fingerprint density at radius 1 is 1.42 bits per heavy atom. The molecule has 8 heteroatoms. The van der Waals surface area contributed by atoms with E-state index in [0.29, 0.717) is 5.69 Å². The molecule has 0 aliphatic carbocycles. The fraction of sp³-hybridized carbons (Fsp3) is 0. The van der Waals surface area contributed by atoms with Crippen LogP contribution in [0.25, 0.3) is 0 Å². The van der Waals surface area contributed by atoms with Gasteiger partial charge in [-0.2, -0.15) is 10.2 Å². The maximum Gasteiger partial charge on any atom is 0.239 e. The first kappa shape index (κ1) is 13.0. The highest BCUT2D eigenvalue weighted by Gasteiger charge is 2.09. The number of benzene rings is 1. The van der Waals surface area contributed by atoms with Gasteiger partial charge in [-0.1, -0.05) is 11.6 Å². The Morgan fingerprint density at radius 3 is 2.89 bits per heavy atom. The number of rotatable bonds is 3. The van der Waals surface area contributed by atoms with Crippen molar-refractivity contribution in [2.24, 2.45) is 5.84 Å². The second-order valence-corrected chi connectivity index (χ2v) is 3.87. The lowest BCUT2D eigenvalue weighted by atomic mass is 10.2. The quantitative estimate of drug-likeness (QED) is 0.588. The van der Waals surface area contributed by atoms with Crippen LogP contribution in [0.2, 0.25) is 5.02 Å². The van der Waals surface area contributed by atoms with Gasteiger partial charge in [0.2, 0.25) is 5.95 Å². The number of nitrogens with two attached hydrogens (primary N) is 1. The number of halogens is 2. The molecule has 0 amide bonds. The lowest BCUT2D eigenvalue weighted by Crippen LogP contribution is -2.11. The molecule has 0 fully saturated rings. The number of nitrogen functional groups attached to an aromatic ring is 1. The van der Waals surface area contributed by atoms with E-state index in [1.54, 1.807) is 0 Å². The van der Waals surface area contributed by atoms with Crippen LogP contribution in [0.15, 0.2) is 24.4 Å². The summed E-state index contributed by atoms with van der Waals surface area (Å²) in [5.41, 5.74) is 2.79. The van der Waals surface area contributed by atoms with Crippen molar-refractivity contribution >= 4 is 29.1 Å². The van der Waals surface area contributed by atoms with Crippen molar-refractivity contribution < 1.29 is 4.39 Å². The van der Waals surface area contributed by atoms with E-state index < -0.39 is 5.82 Å². The Labute approximate surface area is 113 Å². The van der Waals surface area contributed by atoms with Crippen LogP contribution >= 0.6 is 11.6 Å². The van der Waals surface area contributed by atoms with Crippen LogP contribution in [-0.2, 0) is 0 Å². The third kappa shape index (κ3) is 2.88. The van der Waals surface area contributed by atoms with Crippen LogP contribution in [0.5, 0.6) is 0 Å². The molecule has 4 N–H and O–H groups in total. The van der Waals surface area contributed by atoms with Crippen molar-refractivity contribution in [3.8, 4) is 6.07 Å². The number of nitriles is 1. The van der Waals surface area contributed by atoms with Gasteiger partial charge in [0.15, 0.2) is 5.82 Å². The summed E-state index contributed by atoms with van der Waals surface area (Å²) in [6, 6.07) is 5.63. The third-order valence-electron chi connectivity index (χ3n) is 2.23. The molecule has 0 spiro atoms. The molecule has 1 heterocycles. The number of aromatic nitrogens is 2. The normalized spacial score (nSPS) is 9.79. The maximum absolute atomic E-state index is 13.0. The largest absolute Gasteiger partial charge is 0.338 e. The van der Waals surface area contributed by atoms with E-state index in [1.807, 2.05) is 6.07 Å². The predicted molar refractivity (Wildman–Crippen MR) is 69.2 cm³/mol. The minimum absolute atomic E-state index is 0.136. The molecule has 19 heavy (non-hydrogen) atoms. The molecule has 0 radical (unpaired) electrons. The van der Waals surface area contributed by atoms with Crippen LogP contribution in [0.4, 0.5) is 21.8 Å². The fourth-order valence-electron chi connectivity index (χ4n) is 1.37. The summed E-state index contributed by atoms with van der Waals surface area (Å²) in [4.78, 5) is 7.80. The summed E-state index contributed by atoms with van der Waals surface area (Å²) in [6.45, 7) is 0. The van der Waals surface area contributed by atoms with Gasteiger partial charge in [-0.05, 0) is 18.2 Å². The summed E-state index contributed by atoms with van der Waals surface area (Å²) in [5.74, 6) is 5.11. The van der Waals surface area contributed by atoms with Crippen molar-refractivity contribution in [1.82, 2.24) is 9.97 Å². The van der Waals surface area contributed by atoms with Crippen molar-refractivity contribution in [3.05, 3.63) is 40.8 Å². The number of hydrogen-bond donors (Lipinski definition) is 3. The van der Waals surface area contributed by atoms with Crippen LogP contribution < -0.4 is 16.6 Å². The first-order valence-corrected chi connectivity index (χ1v) is 5.47. The molecule has 2 rings (SSSR count). The van der Waals surface area contributed by atoms with Crippen LogP contribution in [0.3, 0.4) is 0 Å². The molecule has 0 saturated heterocycles. The monoisotopic (exact) mass is 278 g/mol. The van der Waals surface area contributed by atoms with Gasteiger partial charge in [0.05, 0.1) is 17.4 Å². The van der Waals surface area contributed by atoms with Crippen molar-refractivity contribution in [2.45, 2.75) is 0 Å². The SMILES string of the molecule is N#Cc1cc(F)ccc1Nc1nc(NN)ncc1Cl. The van der Waals surface area contributed by atoms with Gasteiger partial charge in [-0.3, -0.25) is 5.43 Å². The number of nitrogens with zero attached hydrogens (tertiary/aromatic N) is 3. The summed E-state index contributed by atoms with van der Waals surface area (Å²) < 4.78 is 13.0. The van der Waals surface area contributed by atoms with Crippen LogP contribution in [0.1, 0.15) is 5.56 Å². The maximum atomic E-state index is 13.0. The molecule has 1 aromatic carbocycles. The summed E-state index contributed by atoms with van der Waals surface area (Å²) in [6.07, 6.45) is 1.35. The predicted octanol–water partition coefficient (Wildman–Crippen LogP) is 2.17. The summed E-state index contributed by atoms with van der Waals surface area (Å²) in [5, 5.41) is 12.0. The molecule has 0 saturated carbocycles. The topological polar surface area (TPSA) is 99.7 Å². The molecule has 96 valence electrons. The Kier molecular flexibility index (Phi) is 3.75. The van der Waals surface area contributed by atoms with Gasteiger partial charge < -0.3 is 5.32 Å². The lowest BCUT2D eigenvalue weighted by Gasteiger charge is -2.09. The minimum Gasteiger partial charge on any atom is -0.338 e. The molecule has 0 bridgehead atoms. The Bertz CT molecular complexity index is 654. The number of nitrogens with one attached hydrogen (secondary N) is 2. The average molecular weight is 279 g/mol. The van der Waals surface area contributed by atoms with Gasteiger partial charge in [0, 0.05) is 0 Å². The number of anilines is 3. The molecule has 2 aromatic rings. The zero-order valence-electron chi connectivity index (χ0n) is 9.48. The average Bonchev–Trinajstić information content (AvgIpc) is 2.43. The highest BCUT2D eigenvalue weighted by molar-refractivity contribution is 6.32. The second-order valence-electron chi connectivity index (χ2n) is 3.46. The highest BCUT2D eigenvalue weighted by Crippen LogP contribution is 2.25. The number of hydrazine groups is 1. The molecule has 1 aromatic heterocycles. The smallest absolute Gasteiger partial charge is 0.239 e. The first-order chi connectivity index (χ1) is 9.13. The molecular weight excluding hydrogens is 271 g/mol. The number of hydrogen-bond acceptors (Lipinski definition) is 6. The third-order valence-corrected chi connectivity index (χ3v) is 2.50. The van der Waals surface area contributed by atoms with Gasteiger partial charge in [-0.15, -0.1) is 0 Å². The Balaban J connectivity index is 2.39. The summed E-state index contributed by atoms with van der Waals surface area (Å²) >= 11 is 5.92. The molecule has 0 aliphatic rings. The fourth-order valence-corrected chi connectivity index (χ4v) is 1.51. The van der Waals surface area contributed by atoms with Crippen LogP contribution in [-0.4, -0.2) is 9.97 Å². The van der Waals surface area contributed by atoms with E-state index in [9.17, 15) is 4.39 Å². The van der Waals surface area contributed by atoms with E-state index >= 15 is 0 Å². The molecular formula is C11H8ClFN6. The molecule has 6 nitrogen and oxygen atoms in total. The van der Waals surface area contributed by atoms with E-state index in [2.05, 4.69) is 20.7 Å².